The number of carboxylic acid groups (broad SMARTS) is 1. The smallest absolute Gasteiger partial charge is 0.307 e. The quantitative estimate of drug-likeness (QED) is 0.572. The SMILES string of the molecule is CC1(C)C(C(=O)O)C1C(=O)N1CC(O)C(O)C1. The zero-order chi connectivity index (χ0) is 13.0. The van der Waals surface area contributed by atoms with E-state index < -0.39 is 35.4 Å². The van der Waals surface area contributed by atoms with E-state index in [0.29, 0.717) is 0 Å². The van der Waals surface area contributed by atoms with Crippen molar-refractivity contribution < 1.29 is 24.9 Å². The maximum atomic E-state index is 12.1. The van der Waals surface area contributed by atoms with Crippen molar-refractivity contribution in [1.29, 1.82) is 0 Å². The zero-order valence-corrected chi connectivity index (χ0v) is 9.83. The maximum absolute atomic E-state index is 12.1. The maximum Gasteiger partial charge on any atom is 0.307 e. The molecule has 2 rings (SSSR count). The minimum atomic E-state index is -0.964. The van der Waals surface area contributed by atoms with Crippen molar-refractivity contribution in [3.05, 3.63) is 0 Å². The lowest BCUT2D eigenvalue weighted by atomic mass is 10.1. The molecule has 0 aromatic rings. The number of aliphatic hydroxyl groups excluding tert-OH is 2. The number of carbonyl (C=O) groups is 2. The monoisotopic (exact) mass is 243 g/mol. The minimum Gasteiger partial charge on any atom is -0.481 e. The Hall–Kier alpha value is -1.14. The number of carboxylic acids is 1. The van der Waals surface area contributed by atoms with Crippen LogP contribution in [0.4, 0.5) is 0 Å². The fourth-order valence-corrected chi connectivity index (χ4v) is 2.71. The molecule has 4 atom stereocenters. The molecule has 1 heterocycles. The van der Waals surface area contributed by atoms with Gasteiger partial charge >= 0.3 is 5.97 Å². The highest BCUT2D eigenvalue weighted by molar-refractivity contribution is 5.91. The zero-order valence-electron chi connectivity index (χ0n) is 9.83. The Morgan fingerprint density at radius 3 is 1.94 bits per heavy atom. The van der Waals surface area contributed by atoms with E-state index in [0.717, 1.165) is 0 Å². The number of hydrogen-bond acceptors (Lipinski definition) is 4. The third-order valence-corrected chi connectivity index (χ3v) is 3.93. The van der Waals surface area contributed by atoms with Gasteiger partial charge in [0, 0.05) is 13.1 Å². The molecule has 0 aromatic carbocycles. The molecular formula is C11H17NO5. The van der Waals surface area contributed by atoms with Crippen molar-refractivity contribution >= 4 is 11.9 Å². The summed E-state index contributed by atoms with van der Waals surface area (Å²) in [5.74, 6) is -2.45. The molecule has 2 fully saturated rings. The van der Waals surface area contributed by atoms with Crippen molar-refractivity contribution in [2.24, 2.45) is 17.3 Å². The fraction of sp³-hybridized carbons (Fsp3) is 0.818. The first-order chi connectivity index (χ1) is 7.76. The van der Waals surface area contributed by atoms with Crippen LogP contribution in [0.2, 0.25) is 0 Å². The second-order valence-electron chi connectivity index (χ2n) is 5.49. The number of β-amino-alcohol motifs (C(OH)–C–C–N with tert-alkyl or cyclic N) is 2. The van der Waals surface area contributed by atoms with Crippen LogP contribution in [0.25, 0.3) is 0 Å². The normalized spacial score (nSPS) is 39.2. The molecule has 6 nitrogen and oxygen atoms in total. The average molecular weight is 243 g/mol. The van der Waals surface area contributed by atoms with E-state index in [4.69, 9.17) is 5.11 Å². The Morgan fingerprint density at radius 2 is 1.59 bits per heavy atom. The Kier molecular flexibility index (Phi) is 2.67. The van der Waals surface area contributed by atoms with Crippen molar-refractivity contribution in [3.63, 3.8) is 0 Å². The highest BCUT2D eigenvalue weighted by Gasteiger charge is 2.67. The molecule has 17 heavy (non-hydrogen) atoms. The lowest BCUT2D eigenvalue weighted by molar-refractivity contribution is -0.141. The van der Waals surface area contributed by atoms with E-state index in [-0.39, 0.29) is 19.0 Å². The van der Waals surface area contributed by atoms with Gasteiger partial charge in [0.05, 0.1) is 24.0 Å². The van der Waals surface area contributed by atoms with Gasteiger partial charge < -0.3 is 20.2 Å². The second kappa shape index (κ2) is 3.68. The first kappa shape index (κ1) is 12.3. The number of aliphatic carboxylic acids is 1. The van der Waals surface area contributed by atoms with Crippen molar-refractivity contribution in [3.8, 4) is 0 Å². The number of hydrogen-bond donors (Lipinski definition) is 3. The Morgan fingerprint density at radius 1 is 1.12 bits per heavy atom. The average Bonchev–Trinajstić information content (AvgIpc) is 2.63. The highest BCUT2D eigenvalue weighted by atomic mass is 16.4. The van der Waals surface area contributed by atoms with Gasteiger partial charge in [-0.3, -0.25) is 9.59 Å². The summed E-state index contributed by atoms with van der Waals surface area (Å²) in [6, 6.07) is 0. The summed E-state index contributed by atoms with van der Waals surface area (Å²) in [7, 11) is 0. The standard InChI is InChI=1S/C11H17NO5/c1-11(2)7(8(11)10(16)17)9(15)12-3-5(13)6(14)4-12/h5-8,13-14H,3-4H2,1-2H3,(H,16,17). The molecule has 2 aliphatic rings. The molecular weight excluding hydrogens is 226 g/mol. The minimum absolute atomic E-state index is 0.0823. The summed E-state index contributed by atoms with van der Waals surface area (Å²) < 4.78 is 0. The van der Waals surface area contributed by atoms with Gasteiger partial charge in [-0.15, -0.1) is 0 Å². The number of nitrogens with zero attached hydrogens (tertiary/aromatic N) is 1. The topological polar surface area (TPSA) is 98.1 Å². The Labute approximate surface area is 98.8 Å². The highest BCUT2D eigenvalue weighted by Crippen LogP contribution is 2.59. The van der Waals surface area contributed by atoms with Gasteiger partial charge in [-0.2, -0.15) is 0 Å². The van der Waals surface area contributed by atoms with Gasteiger partial charge in [0.25, 0.3) is 0 Å². The lowest BCUT2D eigenvalue weighted by Crippen LogP contribution is -2.32. The van der Waals surface area contributed by atoms with Crippen LogP contribution in [0, 0.1) is 17.3 Å². The molecule has 1 saturated carbocycles. The van der Waals surface area contributed by atoms with E-state index in [9.17, 15) is 19.8 Å². The second-order valence-corrected chi connectivity index (χ2v) is 5.49. The number of rotatable bonds is 2. The first-order valence-corrected chi connectivity index (χ1v) is 5.64. The largest absolute Gasteiger partial charge is 0.481 e. The van der Waals surface area contributed by atoms with Gasteiger partial charge in [-0.1, -0.05) is 13.8 Å². The van der Waals surface area contributed by atoms with Crippen LogP contribution in [0.15, 0.2) is 0 Å². The van der Waals surface area contributed by atoms with Gasteiger partial charge in [-0.25, -0.2) is 0 Å². The Balaban J connectivity index is 2.06. The van der Waals surface area contributed by atoms with Crippen LogP contribution in [0.5, 0.6) is 0 Å². The Bertz CT molecular complexity index is 357. The summed E-state index contributed by atoms with van der Waals surface area (Å²) >= 11 is 0. The predicted molar refractivity (Wildman–Crippen MR) is 57.0 cm³/mol. The molecule has 0 bridgehead atoms. The molecule has 0 spiro atoms. The number of aliphatic hydroxyl groups is 2. The number of amides is 1. The molecule has 6 heteroatoms. The number of likely N-dealkylation sites (tertiary alicyclic amines) is 1. The number of carbonyl (C=O) groups excluding carboxylic acids is 1. The van der Waals surface area contributed by atoms with E-state index in [1.807, 2.05) is 0 Å². The summed E-state index contributed by atoms with van der Waals surface area (Å²) in [4.78, 5) is 24.4. The van der Waals surface area contributed by atoms with E-state index in [1.165, 1.54) is 4.90 Å². The molecule has 1 saturated heterocycles. The summed E-state index contributed by atoms with van der Waals surface area (Å²) in [5.41, 5.74) is -0.540. The summed E-state index contributed by atoms with van der Waals surface area (Å²) in [5, 5.41) is 27.7. The van der Waals surface area contributed by atoms with Gasteiger partial charge in [0.1, 0.15) is 0 Å². The van der Waals surface area contributed by atoms with Crippen molar-refractivity contribution in [2.45, 2.75) is 26.1 Å². The van der Waals surface area contributed by atoms with Crippen LogP contribution < -0.4 is 0 Å². The third kappa shape index (κ3) is 1.81. The third-order valence-electron chi connectivity index (χ3n) is 3.93. The first-order valence-electron chi connectivity index (χ1n) is 5.64. The molecule has 1 aliphatic heterocycles. The molecule has 0 aromatic heterocycles. The van der Waals surface area contributed by atoms with Gasteiger partial charge in [0.15, 0.2) is 0 Å². The van der Waals surface area contributed by atoms with Crippen LogP contribution in [0.3, 0.4) is 0 Å². The summed E-state index contributed by atoms with van der Waals surface area (Å²) in [6.45, 7) is 3.66. The molecule has 3 N–H and O–H groups in total. The summed E-state index contributed by atoms with van der Waals surface area (Å²) in [6.07, 6.45) is -1.85. The van der Waals surface area contributed by atoms with Crippen LogP contribution >= 0.6 is 0 Å². The van der Waals surface area contributed by atoms with Crippen LogP contribution in [0.1, 0.15) is 13.8 Å². The van der Waals surface area contributed by atoms with Gasteiger partial charge in [0.2, 0.25) is 5.91 Å². The lowest BCUT2D eigenvalue weighted by Gasteiger charge is -2.16. The molecule has 96 valence electrons. The molecule has 1 amide bonds. The predicted octanol–water partition coefficient (Wildman–Crippen LogP) is -1.09. The van der Waals surface area contributed by atoms with E-state index in [1.54, 1.807) is 13.8 Å². The van der Waals surface area contributed by atoms with Crippen LogP contribution in [-0.4, -0.2) is 57.4 Å². The fourth-order valence-electron chi connectivity index (χ4n) is 2.71. The van der Waals surface area contributed by atoms with Gasteiger partial charge in [-0.05, 0) is 5.41 Å². The molecule has 0 radical (unpaired) electrons. The molecule has 1 aliphatic carbocycles. The van der Waals surface area contributed by atoms with Crippen molar-refractivity contribution in [2.75, 3.05) is 13.1 Å². The van der Waals surface area contributed by atoms with Crippen molar-refractivity contribution in [1.82, 2.24) is 4.90 Å². The molecule has 4 unspecified atom stereocenters. The van der Waals surface area contributed by atoms with E-state index >= 15 is 0 Å². The van der Waals surface area contributed by atoms with Crippen LogP contribution in [-0.2, 0) is 9.59 Å². The van der Waals surface area contributed by atoms with E-state index in [2.05, 4.69) is 0 Å².